The molecule has 1 aromatic heterocycles. The van der Waals surface area contributed by atoms with Crippen LogP contribution in [0.2, 0.25) is 0 Å². The number of hydrogen-bond acceptors (Lipinski definition) is 2. The van der Waals surface area contributed by atoms with Crippen LogP contribution in [-0.4, -0.2) is 22.3 Å². The van der Waals surface area contributed by atoms with Gasteiger partial charge in [-0.1, -0.05) is 29.8 Å². The minimum Gasteiger partial charge on any atom is -0.348 e. The predicted molar refractivity (Wildman–Crippen MR) is 68.7 cm³/mol. The molecule has 0 radical (unpaired) electrons. The third kappa shape index (κ3) is 4.31. The van der Waals surface area contributed by atoms with E-state index in [0.717, 1.165) is 11.8 Å². The second-order valence-electron chi connectivity index (χ2n) is 4.19. The molecule has 16 heavy (non-hydrogen) atoms. The molecule has 0 aliphatic heterocycles. The number of rotatable bonds is 5. The summed E-state index contributed by atoms with van der Waals surface area (Å²) in [5, 5.41) is 3.78. The largest absolute Gasteiger partial charge is 0.348 e. The van der Waals surface area contributed by atoms with E-state index in [0.29, 0.717) is 11.5 Å². The summed E-state index contributed by atoms with van der Waals surface area (Å²) >= 11 is 3.42. The van der Waals surface area contributed by atoms with Gasteiger partial charge < -0.3 is 5.32 Å². The summed E-state index contributed by atoms with van der Waals surface area (Å²) in [7, 11) is 0. The zero-order valence-corrected chi connectivity index (χ0v) is 11.2. The molecule has 1 N–H and O–H groups in total. The van der Waals surface area contributed by atoms with Crippen LogP contribution in [0.5, 0.6) is 0 Å². The van der Waals surface area contributed by atoms with Gasteiger partial charge in [-0.15, -0.1) is 0 Å². The number of amides is 1. The number of nitrogens with one attached hydrogen (secondary N) is 1. The zero-order valence-electron chi connectivity index (χ0n) is 9.61. The van der Waals surface area contributed by atoms with Crippen molar-refractivity contribution in [3.05, 3.63) is 30.1 Å². The fourth-order valence-electron chi connectivity index (χ4n) is 1.50. The second-order valence-corrected chi connectivity index (χ2v) is 4.84. The number of aromatic nitrogens is 1. The third-order valence-electron chi connectivity index (χ3n) is 2.22. The minimum absolute atomic E-state index is 0.0347. The van der Waals surface area contributed by atoms with E-state index >= 15 is 0 Å². The zero-order chi connectivity index (χ0) is 12.0. The third-order valence-corrected chi connectivity index (χ3v) is 3.00. The molecule has 88 valence electrons. The van der Waals surface area contributed by atoms with E-state index < -0.39 is 0 Å². The van der Waals surface area contributed by atoms with Gasteiger partial charge in [-0.25, -0.2) is 0 Å². The second kappa shape index (κ2) is 6.63. The summed E-state index contributed by atoms with van der Waals surface area (Å²) in [4.78, 5) is 15.7. The van der Waals surface area contributed by atoms with E-state index in [2.05, 4.69) is 40.1 Å². The lowest BCUT2D eigenvalue weighted by atomic mass is 10.0. The van der Waals surface area contributed by atoms with Crippen molar-refractivity contribution in [2.45, 2.75) is 26.3 Å². The van der Waals surface area contributed by atoms with Crippen LogP contribution in [0.25, 0.3) is 0 Å². The highest BCUT2D eigenvalue weighted by Gasteiger charge is 2.13. The van der Waals surface area contributed by atoms with Crippen molar-refractivity contribution in [1.29, 1.82) is 0 Å². The Hall–Kier alpha value is -0.900. The molecule has 0 bridgehead atoms. The van der Waals surface area contributed by atoms with Crippen LogP contribution in [0.3, 0.4) is 0 Å². The van der Waals surface area contributed by atoms with E-state index in [1.54, 1.807) is 24.5 Å². The number of carbonyl (C=O) groups is 1. The molecule has 3 nitrogen and oxygen atoms in total. The van der Waals surface area contributed by atoms with Crippen molar-refractivity contribution >= 4 is 21.8 Å². The maximum Gasteiger partial charge on any atom is 0.251 e. The molecule has 1 atom stereocenters. The van der Waals surface area contributed by atoms with Crippen molar-refractivity contribution in [2.24, 2.45) is 5.92 Å². The molecular weight excluding hydrogens is 268 g/mol. The maximum atomic E-state index is 11.8. The van der Waals surface area contributed by atoms with Gasteiger partial charge in [0.1, 0.15) is 0 Å². The normalized spacial score (nSPS) is 12.5. The average Bonchev–Trinajstić information content (AvgIpc) is 2.28. The van der Waals surface area contributed by atoms with Crippen molar-refractivity contribution in [2.75, 3.05) is 5.33 Å². The SMILES string of the molecule is CC(C)CC(CBr)NC(=O)c1ccncc1. The van der Waals surface area contributed by atoms with E-state index in [1.165, 1.54) is 0 Å². The van der Waals surface area contributed by atoms with Gasteiger partial charge in [0.05, 0.1) is 0 Å². The summed E-state index contributed by atoms with van der Waals surface area (Å²) in [5.74, 6) is 0.535. The Labute approximate surface area is 105 Å². The lowest BCUT2D eigenvalue weighted by molar-refractivity contribution is 0.0937. The minimum atomic E-state index is -0.0347. The van der Waals surface area contributed by atoms with E-state index in [9.17, 15) is 4.79 Å². The van der Waals surface area contributed by atoms with Crippen molar-refractivity contribution in [1.82, 2.24) is 10.3 Å². The van der Waals surface area contributed by atoms with Crippen LogP contribution in [0.4, 0.5) is 0 Å². The number of carbonyl (C=O) groups excluding carboxylic acids is 1. The molecule has 0 aliphatic carbocycles. The molecule has 1 rings (SSSR count). The standard InChI is InChI=1S/C12H17BrN2O/c1-9(2)7-11(8-13)15-12(16)10-3-5-14-6-4-10/h3-6,9,11H,7-8H2,1-2H3,(H,15,16). The first-order valence-electron chi connectivity index (χ1n) is 5.40. The Kier molecular flexibility index (Phi) is 5.46. The van der Waals surface area contributed by atoms with Crippen LogP contribution in [0, 0.1) is 5.92 Å². The van der Waals surface area contributed by atoms with Gasteiger partial charge in [0, 0.05) is 29.3 Å². The van der Waals surface area contributed by atoms with E-state index in [-0.39, 0.29) is 11.9 Å². The van der Waals surface area contributed by atoms with Gasteiger partial charge in [0.25, 0.3) is 5.91 Å². The average molecular weight is 285 g/mol. The first kappa shape index (κ1) is 13.2. The van der Waals surface area contributed by atoms with Gasteiger partial charge in [0.15, 0.2) is 0 Å². The van der Waals surface area contributed by atoms with Gasteiger partial charge in [-0.05, 0) is 24.5 Å². The summed E-state index contributed by atoms with van der Waals surface area (Å²) in [6.45, 7) is 4.29. The molecule has 0 aromatic carbocycles. The molecule has 1 amide bonds. The lowest BCUT2D eigenvalue weighted by Crippen LogP contribution is -2.37. The highest BCUT2D eigenvalue weighted by molar-refractivity contribution is 9.09. The van der Waals surface area contributed by atoms with Crippen molar-refractivity contribution in [3.63, 3.8) is 0 Å². The van der Waals surface area contributed by atoms with Crippen molar-refractivity contribution < 1.29 is 4.79 Å². The van der Waals surface area contributed by atoms with Gasteiger partial charge >= 0.3 is 0 Å². The number of halogens is 1. The van der Waals surface area contributed by atoms with Crippen LogP contribution >= 0.6 is 15.9 Å². The topological polar surface area (TPSA) is 42.0 Å². The summed E-state index contributed by atoms with van der Waals surface area (Å²) in [6, 6.07) is 3.62. The first-order valence-corrected chi connectivity index (χ1v) is 6.52. The molecule has 0 saturated carbocycles. The molecule has 1 aromatic rings. The highest BCUT2D eigenvalue weighted by atomic mass is 79.9. The van der Waals surface area contributed by atoms with Crippen LogP contribution in [0.15, 0.2) is 24.5 Å². The van der Waals surface area contributed by atoms with Crippen molar-refractivity contribution in [3.8, 4) is 0 Å². The number of alkyl halides is 1. The predicted octanol–water partition coefficient (Wildman–Crippen LogP) is 2.62. The molecular formula is C12H17BrN2O. The summed E-state index contributed by atoms with van der Waals surface area (Å²) in [6.07, 6.45) is 4.23. The molecule has 1 unspecified atom stereocenters. The lowest BCUT2D eigenvalue weighted by Gasteiger charge is -2.18. The Balaban J connectivity index is 2.56. The molecule has 0 saturated heterocycles. The number of pyridine rings is 1. The molecule has 4 heteroatoms. The fraction of sp³-hybridized carbons (Fsp3) is 0.500. The Morgan fingerprint density at radius 1 is 1.44 bits per heavy atom. The Morgan fingerprint density at radius 3 is 2.56 bits per heavy atom. The molecule has 1 heterocycles. The summed E-state index contributed by atoms with van der Waals surface area (Å²) < 4.78 is 0. The number of hydrogen-bond donors (Lipinski definition) is 1. The molecule has 0 fully saturated rings. The fourth-order valence-corrected chi connectivity index (χ4v) is 1.93. The Bertz CT molecular complexity index is 327. The molecule has 0 aliphatic rings. The maximum absolute atomic E-state index is 11.8. The van der Waals surface area contributed by atoms with Crippen LogP contribution in [-0.2, 0) is 0 Å². The monoisotopic (exact) mass is 284 g/mol. The Morgan fingerprint density at radius 2 is 2.06 bits per heavy atom. The van der Waals surface area contributed by atoms with E-state index in [4.69, 9.17) is 0 Å². The van der Waals surface area contributed by atoms with E-state index in [1.807, 2.05) is 0 Å². The smallest absolute Gasteiger partial charge is 0.251 e. The molecule has 0 spiro atoms. The van der Waals surface area contributed by atoms with Gasteiger partial charge in [-0.2, -0.15) is 0 Å². The highest BCUT2D eigenvalue weighted by Crippen LogP contribution is 2.08. The van der Waals surface area contributed by atoms with Gasteiger partial charge in [-0.3, -0.25) is 9.78 Å². The first-order chi connectivity index (χ1) is 7.63. The van der Waals surface area contributed by atoms with Gasteiger partial charge in [0.2, 0.25) is 0 Å². The van der Waals surface area contributed by atoms with Crippen LogP contribution in [0.1, 0.15) is 30.6 Å². The quantitative estimate of drug-likeness (QED) is 0.845. The van der Waals surface area contributed by atoms with Crippen LogP contribution < -0.4 is 5.32 Å². The summed E-state index contributed by atoms with van der Waals surface area (Å²) in [5.41, 5.74) is 0.657. The number of nitrogens with zero attached hydrogens (tertiary/aromatic N) is 1.